The van der Waals surface area contributed by atoms with Gasteiger partial charge in [0.1, 0.15) is 16.3 Å². The van der Waals surface area contributed by atoms with Gasteiger partial charge in [-0.25, -0.2) is 45.4 Å². The van der Waals surface area contributed by atoms with Gasteiger partial charge >= 0.3 is 12.3 Å². The summed E-state index contributed by atoms with van der Waals surface area (Å²) in [5, 5.41) is 3.65. The largest absolute Gasteiger partial charge is 0.444 e. The second-order valence-corrected chi connectivity index (χ2v) is 20.8. The number of carbonyl (C=O) groups excluding carboxylic acids is 1. The number of anilines is 3. The first-order valence-corrected chi connectivity index (χ1v) is 22.3. The number of benzene rings is 2. The summed E-state index contributed by atoms with van der Waals surface area (Å²) in [6, 6.07) is 6.11. The van der Waals surface area contributed by atoms with Crippen molar-refractivity contribution in [3.8, 4) is 21.8 Å². The summed E-state index contributed by atoms with van der Waals surface area (Å²) in [4.78, 5) is 29.1. The van der Waals surface area contributed by atoms with Crippen molar-refractivity contribution < 1.29 is 48.3 Å². The number of halogens is 5. The van der Waals surface area contributed by atoms with Gasteiger partial charge in [-0.1, -0.05) is 23.5 Å². The third-order valence-corrected chi connectivity index (χ3v) is 14.7. The smallest absolute Gasteiger partial charge is 0.417 e. The van der Waals surface area contributed by atoms with Crippen LogP contribution in [0.1, 0.15) is 53.0 Å². The van der Waals surface area contributed by atoms with Crippen LogP contribution < -0.4 is 14.9 Å². The number of carbonyl (C=O) groups is 1. The van der Waals surface area contributed by atoms with E-state index in [1.54, 1.807) is 36.5 Å². The molecule has 7 rings (SSSR count). The predicted molar refractivity (Wildman–Crippen MR) is 208 cm³/mol. The van der Waals surface area contributed by atoms with Crippen LogP contribution in [-0.4, -0.2) is 91.1 Å². The molecule has 1 spiro atoms. The van der Waals surface area contributed by atoms with Gasteiger partial charge in [0, 0.05) is 48.4 Å². The van der Waals surface area contributed by atoms with Crippen LogP contribution in [0.2, 0.25) is 0 Å². The van der Waals surface area contributed by atoms with Gasteiger partial charge in [0.15, 0.2) is 20.8 Å². The Bertz CT molecular complexity index is 2460. The third-order valence-electron chi connectivity index (χ3n) is 10.1. The van der Waals surface area contributed by atoms with Crippen molar-refractivity contribution in [3.63, 3.8) is 0 Å². The highest BCUT2D eigenvalue weighted by Crippen LogP contribution is 2.51. The Hall–Kier alpha value is -4.63. The summed E-state index contributed by atoms with van der Waals surface area (Å²) in [6.45, 7) is 9.59. The summed E-state index contributed by atoms with van der Waals surface area (Å²) in [5.74, 6) is -2.38. The minimum absolute atomic E-state index is 0.0151. The SMILES string of the molecule is C[C@H]1CN(C(=O)OC(C)(C)C)C[C@H](C)N1c1nc(-c2cccc(NS(=O)(=O)c3c(F)cccc3C(F)(F)F)c2F)c(-c2ccnc(NC3CC4(C3)CS(=O)(=O)C4)n2)s1. The molecule has 4 heterocycles. The highest BCUT2D eigenvalue weighted by Gasteiger charge is 2.56. The van der Waals surface area contributed by atoms with Crippen LogP contribution >= 0.6 is 11.3 Å². The Labute approximate surface area is 336 Å². The highest BCUT2D eigenvalue weighted by molar-refractivity contribution is 7.93. The van der Waals surface area contributed by atoms with Gasteiger partial charge in [0.25, 0.3) is 10.0 Å². The van der Waals surface area contributed by atoms with Crippen molar-refractivity contribution in [2.75, 3.05) is 39.5 Å². The van der Waals surface area contributed by atoms with E-state index < -0.39 is 65.5 Å². The number of amides is 1. The number of sulfone groups is 1. The number of piperazine rings is 1. The van der Waals surface area contributed by atoms with Crippen molar-refractivity contribution in [1.82, 2.24) is 19.9 Å². The molecule has 0 radical (unpaired) electrons. The molecule has 1 saturated carbocycles. The van der Waals surface area contributed by atoms with E-state index in [2.05, 4.69) is 10.3 Å². The van der Waals surface area contributed by atoms with Crippen LogP contribution in [0.4, 0.5) is 43.5 Å². The third kappa shape index (κ3) is 8.29. The molecule has 1 aliphatic carbocycles. The van der Waals surface area contributed by atoms with E-state index in [0.29, 0.717) is 40.7 Å². The number of aromatic nitrogens is 3. The lowest BCUT2D eigenvalue weighted by Gasteiger charge is -2.53. The number of rotatable bonds is 8. The van der Waals surface area contributed by atoms with Crippen LogP contribution in [0, 0.1) is 17.0 Å². The Balaban J connectivity index is 1.25. The van der Waals surface area contributed by atoms with E-state index in [4.69, 9.17) is 14.7 Å². The second kappa shape index (κ2) is 14.6. The lowest BCUT2D eigenvalue weighted by Crippen LogP contribution is -2.60. The average Bonchev–Trinajstić information content (AvgIpc) is 3.50. The van der Waals surface area contributed by atoms with E-state index in [1.165, 1.54) is 18.3 Å². The lowest BCUT2D eigenvalue weighted by atomic mass is 9.67. The molecule has 0 unspecified atom stereocenters. The molecule has 2 aromatic heterocycles. The topological polar surface area (TPSA) is 164 Å². The Morgan fingerprint density at radius 1 is 0.983 bits per heavy atom. The number of thiazole rings is 1. The van der Waals surface area contributed by atoms with Gasteiger partial charge in [0.05, 0.1) is 39.0 Å². The molecule has 2 aromatic carbocycles. The Kier molecular flexibility index (Phi) is 10.4. The minimum atomic E-state index is -5.33. The van der Waals surface area contributed by atoms with Gasteiger partial charge in [-0.3, -0.25) is 4.72 Å². The lowest BCUT2D eigenvalue weighted by molar-refractivity contribution is -0.140. The van der Waals surface area contributed by atoms with Gasteiger partial charge in [-0.2, -0.15) is 13.2 Å². The number of nitrogens with zero attached hydrogens (tertiary/aromatic N) is 5. The normalized spacial score (nSPS) is 20.7. The molecule has 58 heavy (non-hydrogen) atoms. The summed E-state index contributed by atoms with van der Waals surface area (Å²) in [5.41, 5.74) is -3.41. The van der Waals surface area contributed by atoms with Crippen molar-refractivity contribution >= 4 is 54.1 Å². The van der Waals surface area contributed by atoms with E-state index in [1.807, 2.05) is 18.7 Å². The summed E-state index contributed by atoms with van der Waals surface area (Å²) >= 11 is 1.15. The first kappa shape index (κ1) is 41.5. The molecular weight excluding hydrogens is 830 g/mol. The number of ether oxygens (including phenoxy) is 1. The molecule has 1 amide bonds. The van der Waals surface area contributed by atoms with Crippen molar-refractivity contribution in [3.05, 3.63) is 65.9 Å². The van der Waals surface area contributed by atoms with E-state index in [-0.39, 0.29) is 65.3 Å². The van der Waals surface area contributed by atoms with Gasteiger partial charge in [-0.05, 0) is 77.8 Å². The fraction of sp³-hybridized carbons (Fsp3) is 0.459. The van der Waals surface area contributed by atoms with E-state index >= 15 is 4.39 Å². The first-order valence-electron chi connectivity index (χ1n) is 18.2. The van der Waals surface area contributed by atoms with Gasteiger partial charge < -0.3 is 19.9 Å². The summed E-state index contributed by atoms with van der Waals surface area (Å²) in [7, 11) is -8.35. The van der Waals surface area contributed by atoms with Crippen molar-refractivity contribution in [2.24, 2.45) is 5.41 Å². The average molecular weight is 870 g/mol. The monoisotopic (exact) mass is 869 g/mol. The van der Waals surface area contributed by atoms with Crippen LogP contribution in [0.5, 0.6) is 0 Å². The summed E-state index contributed by atoms with van der Waals surface area (Å²) < 4.78 is 131. The first-order chi connectivity index (χ1) is 26.9. The molecule has 0 bridgehead atoms. The molecule has 312 valence electrons. The number of hydrogen-bond acceptors (Lipinski definition) is 12. The molecule has 2 atom stereocenters. The highest BCUT2D eigenvalue weighted by atomic mass is 32.2. The number of hydrogen-bond donors (Lipinski definition) is 2. The van der Waals surface area contributed by atoms with Crippen LogP contribution in [0.15, 0.2) is 53.6 Å². The Morgan fingerprint density at radius 3 is 2.26 bits per heavy atom. The number of nitrogens with one attached hydrogen (secondary N) is 2. The zero-order valence-corrected chi connectivity index (χ0v) is 34.3. The molecule has 3 aliphatic rings. The van der Waals surface area contributed by atoms with Crippen molar-refractivity contribution in [1.29, 1.82) is 0 Å². The van der Waals surface area contributed by atoms with Gasteiger partial charge in [0.2, 0.25) is 5.95 Å². The molecule has 4 aromatic rings. The minimum Gasteiger partial charge on any atom is -0.444 e. The fourth-order valence-electron chi connectivity index (χ4n) is 7.90. The second-order valence-electron chi connectivity index (χ2n) is 16.1. The maximum absolute atomic E-state index is 16.6. The zero-order chi connectivity index (χ0) is 42.2. The van der Waals surface area contributed by atoms with Crippen LogP contribution in [0.25, 0.3) is 21.8 Å². The van der Waals surface area contributed by atoms with Crippen LogP contribution in [-0.2, 0) is 30.8 Å². The van der Waals surface area contributed by atoms with Crippen LogP contribution in [0.3, 0.4) is 0 Å². The maximum Gasteiger partial charge on any atom is 0.417 e. The Morgan fingerprint density at radius 2 is 1.64 bits per heavy atom. The standard InChI is InChI=1S/C37H40F5N7O6S3/c1-20-16-48(34(50)55-35(3,4)5)17-21(2)49(20)33-46-29(30(56-33)27-12-13-43-32(45-27)44-22-14-36(15-22)18-57(51,52)19-36)23-8-6-11-26(28(23)39)47-58(53,54)31-24(37(40,41)42)9-7-10-25(31)38/h6-13,20-22,47H,14-19H2,1-5H3,(H,43,44,45)/t20-,21-/m0/s1. The molecule has 2 saturated heterocycles. The molecule has 13 nitrogen and oxygen atoms in total. The zero-order valence-electron chi connectivity index (χ0n) is 31.9. The molecule has 3 fully saturated rings. The number of alkyl halides is 3. The molecule has 21 heteroatoms. The maximum atomic E-state index is 16.6. The summed E-state index contributed by atoms with van der Waals surface area (Å²) in [6.07, 6.45) is -3.01. The fourth-order valence-corrected chi connectivity index (χ4v) is 12.8. The van der Waals surface area contributed by atoms with Crippen molar-refractivity contribution in [2.45, 2.75) is 82.3 Å². The molecule has 2 aliphatic heterocycles. The van der Waals surface area contributed by atoms with E-state index in [0.717, 1.165) is 23.5 Å². The molecule has 2 N–H and O–H groups in total. The van der Waals surface area contributed by atoms with Gasteiger partial charge in [-0.15, -0.1) is 0 Å². The number of sulfonamides is 1. The van der Waals surface area contributed by atoms with E-state index in [9.17, 15) is 39.2 Å². The predicted octanol–water partition coefficient (Wildman–Crippen LogP) is 7.19. The molecular formula is C37H40F5N7O6S3. The quantitative estimate of drug-likeness (QED) is 0.172.